The molecule has 0 unspecified atom stereocenters. The van der Waals surface area contributed by atoms with Crippen LogP contribution >= 0.6 is 0 Å². The molecule has 3 aromatic rings. The van der Waals surface area contributed by atoms with Crippen LogP contribution in [0.25, 0.3) is 11.3 Å². The average molecular weight is 288 g/mol. The second kappa shape index (κ2) is 4.70. The van der Waals surface area contributed by atoms with Crippen LogP contribution in [0, 0.1) is 0 Å². The van der Waals surface area contributed by atoms with Crippen molar-refractivity contribution in [1.29, 1.82) is 0 Å². The first-order chi connectivity index (χ1) is 10.8. The second-order valence-electron chi connectivity index (χ2n) is 5.07. The Labute approximate surface area is 127 Å². The molecule has 0 spiro atoms. The number of imide groups is 1. The molecule has 0 N–H and O–H groups in total. The summed E-state index contributed by atoms with van der Waals surface area (Å²) < 4.78 is 1.61. The molecule has 1 aliphatic heterocycles. The molecule has 0 radical (unpaired) electrons. The maximum absolute atomic E-state index is 12.6. The molecule has 4 heteroatoms. The number of nitrogens with zero attached hydrogens (tertiary/aromatic N) is 2. The third kappa shape index (κ3) is 1.71. The van der Waals surface area contributed by atoms with Crippen LogP contribution in [-0.4, -0.2) is 16.5 Å². The number of hydrogen-bond acceptors (Lipinski definition) is 2. The van der Waals surface area contributed by atoms with Crippen LogP contribution in [0.4, 0.5) is 0 Å². The van der Waals surface area contributed by atoms with E-state index in [0.717, 1.165) is 11.3 Å². The first-order valence-electron chi connectivity index (χ1n) is 6.98. The van der Waals surface area contributed by atoms with E-state index >= 15 is 0 Å². The number of carbonyl (C=O) groups is 2. The lowest BCUT2D eigenvalue weighted by atomic mass is 10.1. The molecule has 0 atom stereocenters. The van der Waals surface area contributed by atoms with Gasteiger partial charge in [0.25, 0.3) is 11.8 Å². The van der Waals surface area contributed by atoms with Crippen LogP contribution in [0.3, 0.4) is 0 Å². The van der Waals surface area contributed by atoms with Gasteiger partial charge in [-0.2, -0.15) is 5.01 Å². The highest BCUT2D eigenvalue weighted by Gasteiger charge is 2.37. The van der Waals surface area contributed by atoms with E-state index in [1.807, 2.05) is 42.5 Å². The maximum Gasteiger partial charge on any atom is 0.281 e. The lowest BCUT2D eigenvalue weighted by Gasteiger charge is -2.18. The van der Waals surface area contributed by atoms with E-state index in [1.54, 1.807) is 35.1 Å². The SMILES string of the molecule is O=C1c2ccccc2C(=O)N1n1cccc1-c1ccccc1. The van der Waals surface area contributed by atoms with Crippen molar-refractivity contribution in [2.24, 2.45) is 0 Å². The lowest BCUT2D eigenvalue weighted by molar-refractivity contribution is 0.0887. The molecule has 2 amide bonds. The van der Waals surface area contributed by atoms with Gasteiger partial charge in [-0.05, 0) is 24.3 Å². The van der Waals surface area contributed by atoms with Gasteiger partial charge in [0.1, 0.15) is 0 Å². The lowest BCUT2D eigenvalue weighted by Crippen LogP contribution is -2.39. The Balaban J connectivity index is 1.84. The van der Waals surface area contributed by atoms with Crippen LogP contribution in [0.2, 0.25) is 0 Å². The van der Waals surface area contributed by atoms with E-state index in [-0.39, 0.29) is 11.8 Å². The number of amides is 2. The molecule has 0 saturated carbocycles. The molecule has 2 aromatic carbocycles. The first-order valence-corrected chi connectivity index (χ1v) is 6.98. The highest BCUT2D eigenvalue weighted by molar-refractivity contribution is 6.30. The summed E-state index contributed by atoms with van der Waals surface area (Å²) in [4.78, 5) is 25.1. The number of benzene rings is 2. The Kier molecular flexibility index (Phi) is 2.69. The van der Waals surface area contributed by atoms with Gasteiger partial charge in [-0.3, -0.25) is 14.3 Å². The highest BCUT2D eigenvalue weighted by atomic mass is 16.2. The summed E-state index contributed by atoms with van der Waals surface area (Å²) in [6, 6.07) is 20.3. The summed E-state index contributed by atoms with van der Waals surface area (Å²) >= 11 is 0. The fraction of sp³-hybridized carbons (Fsp3) is 0. The van der Waals surface area contributed by atoms with E-state index in [1.165, 1.54) is 5.01 Å². The fourth-order valence-corrected chi connectivity index (χ4v) is 2.76. The van der Waals surface area contributed by atoms with Crippen molar-refractivity contribution in [3.63, 3.8) is 0 Å². The Morgan fingerprint density at radius 2 is 1.23 bits per heavy atom. The van der Waals surface area contributed by atoms with Gasteiger partial charge < -0.3 is 0 Å². The molecule has 0 bridgehead atoms. The minimum absolute atomic E-state index is 0.297. The Morgan fingerprint density at radius 3 is 1.86 bits per heavy atom. The van der Waals surface area contributed by atoms with Gasteiger partial charge >= 0.3 is 0 Å². The largest absolute Gasteiger partial charge is 0.281 e. The number of carbonyl (C=O) groups excluding carboxylic acids is 2. The third-order valence-electron chi connectivity index (χ3n) is 3.79. The predicted octanol–water partition coefficient (Wildman–Crippen LogP) is 3.09. The van der Waals surface area contributed by atoms with Crippen LogP contribution in [0.15, 0.2) is 72.9 Å². The van der Waals surface area contributed by atoms with Gasteiger partial charge in [-0.25, -0.2) is 0 Å². The van der Waals surface area contributed by atoms with Crippen molar-refractivity contribution >= 4 is 11.8 Å². The topological polar surface area (TPSA) is 42.3 Å². The summed E-state index contributed by atoms with van der Waals surface area (Å²) in [7, 11) is 0. The molecular weight excluding hydrogens is 276 g/mol. The first kappa shape index (κ1) is 12.6. The summed E-state index contributed by atoms with van der Waals surface area (Å²) in [5.74, 6) is -0.594. The molecule has 0 fully saturated rings. The predicted molar refractivity (Wildman–Crippen MR) is 83.2 cm³/mol. The second-order valence-corrected chi connectivity index (χ2v) is 5.07. The zero-order valence-corrected chi connectivity index (χ0v) is 11.6. The van der Waals surface area contributed by atoms with Gasteiger partial charge in [0.15, 0.2) is 0 Å². The highest BCUT2D eigenvalue weighted by Crippen LogP contribution is 2.26. The van der Waals surface area contributed by atoms with Gasteiger partial charge in [0.2, 0.25) is 0 Å². The third-order valence-corrected chi connectivity index (χ3v) is 3.79. The standard InChI is InChI=1S/C18H12N2O2/c21-17-14-9-4-5-10-15(14)18(22)20(17)19-12-6-11-16(19)13-7-2-1-3-8-13/h1-12H. The van der Waals surface area contributed by atoms with E-state index < -0.39 is 0 Å². The van der Waals surface area contributed by atoms with Crippen LogP contribution in [0.1, 0.15) is 20.7 Å². The zero-order valence-electron chi connectivity index (χ0n) is 11.6. The number of rotatable bonds is 2. The fourth-order valence-electron chi connectivity index (χ4n) is 2.76. The van der Waals surface area contributed by atoms with Crippen molar-refractivity contribution in [3.8, 4) is 11.3 Å². The van der Waals surface area contributed by atoms with E-state index in [4.69, 9.17) is 0 Å². The normalized spacial score (nSPS) is 13.5. The minimum atomic E-state index is -0.297. The average Bonchev–Trinajstić information content (AvgIpc) is 3.13. The van der Waals surface area contributed by atoms with Crippen LogP contribution in [-0.2, 0) is 0 Å². The molecule has 0 saturated heterocycles. The Hall–Kier alpha value is -3.14. The summed E-state index contributed by atoms with van der Waals surface area (Å²) in [5.41, 5.74) is 2.64. The molecule has 1 aromatic heterocycles. The molecule has 0 aliphatic carbocycles. The minimum Gasteiger partial charge on any atom is -0.267 e. The number of aromatic nitrogens is 1. The molecule has 4 rings (SSSR count). The van der Waals surface area contributed by atoms with Crippen molar-refractivity contribution in [2.75, 3.05) is 5.01 Å². The quantitative estimate of drug-likeness (QED) is 0.680. The van der Waals surface area contributed by atoms with Gasteiger partial charge in [-0.1, -0.05) is 42.5 Å². The monoisotopic (exact) mass is 288 g/mol. The van der Waals surface area contributed by atoms with Crippen molar-refractivity contribution in [1.82, 2.24) is 4.68 Å². The summed E-state index contributed by atoms with van der Waals surface area (Å²) in [6.07, 6.45) is 1.73. The Morgan fingerprint density at radius 1 is 0.636 bits per heavy atom. The summed E-state index contributed by atoms with van der Waals surface area (Å²) in [5, 5.41) is 1.19. The van der Waals surface area contributed by atoms with Crippen molar-refractivity contribution in [3.05, 3.63) is 84.1 Å². The van der Waals surface area contributed by atoms with Crippen LogP contribution in [0.5, 0.6) is 0 Å². The van der Waals surface area contributed by atoms with Crippen molar-refractivity contribution < 1.29 is 9.59 Å². The molecular formula is C18H12N2O2. The Bertz CT molecular complexity index is 846. The smallest absolute Gasteiger partial charge is 0.267 e. The van der Waals surface area contributed by atoms with Crippen LogP contribution < -0.4 is 5.01 Å². The number of hydrogen-bond donors (Lipinski definition) is 0. The zero-order chi connectivity index (χ0) is 15.1. The number of fused-ring (bicyclic) bond motifs is 1. The maximum atomic E-state index is 12.6. The molecule has 106 valence electrons. The van der Waals surface area contributed by atoms with E-state index in [2.05, 4.69) is 0 Å². The van der Waals surface area contributed by atoms with E-state index in [0.29, 0.717) is 11.1 Å². The van der Waals surface area contributed by atoms with Gasteiger partial charge in [0, 0.05) is 11.8 Å². The van der Waals surface area contributed by atoms with Gasteiger partial charge in [-0.15, -0.1) is 0 Å². The van der Waals surface area contributed by atoms with E-state index in [9.17, 15) is 9.59 Å². The summed E-state index contributed by atoms with van der Waals surface area (Å²) in [6.45, 7) is 0. The molecule has 4 nitrogen and oxygen atoms in total. The molecule has 22 heavy (non-hydrogen) atoms. The molecule has 2 heterocycles. The molecule has 1 aliphatic rings. The van der Waals surface area contributed by atoms with Crippen molar-refractivity contribution in [2.45, 2.75) is 0 Å². The van der Waals surface area contributed by atoms with Gasteiger partial charge in [0.05, 0.1) is 16.8 Å².